The van der Waals surface area contributed by atoms with Gasteiger partial charge in [0.05, 0.1) is 18.8 Å². The quantitative estimate of drug-likeness (QED) is 0.619. The first kappa shape index (κ1) is 21.8. The van der Waals surface area contributed by atoms with Crippen molar-refractivity contribution in [2.45, 2.75) is 63.6 Å². The molecule has 0 radical (unpaired) electrons. The van der Waals surface area contributed by atoms with Crippen LogP contribution in [0.25, 0.3) is 16.9 Å². The van der Waals surface area contributed by atoms with Crippen molar-refractivity contribution in [1.82, 2.24) is 24.2 Å². The molecule has 2 aromatic heterocycles. The van der Waals surface area contributed by atoms with Crippen molar-refractivity contribution in [3.8, 4) is 16.9 Å². The van der Waals surface area contributed by atoms with Gasteiger partial charge in [0.25, 0.3) is 0 Å². The Morgan fingerprint density at radius 3 is 2.50 bits per heavy atom. The summed E-state index contributed by atoms with van der Waals surface area (Å²) in [5, 5.41) is 8.38. The van der Waals surface area contributed by atoms with Crippen LogP contribution in [0.4, 0.5) is 4.39 Å². The molecular weight excluding hydrogens is 433 g/mol. The summed E-state index contributed by atoms with van der Waals surface area (Å²) in [5.41, 5.74) is 3.46. The highest BCUT2D eigenvalue weighted by Crippen LogP contribution is 2.55. The molecule has 34 heavy (non-hydrogen) atoms. The van der Waals surface area contributed by atoms with Crippen molar-refractivity contribution in [3.05, 3.63) is 58.7 Å². The normalized spacial score (nSPS) is 28.3. The monoisotopic (exact) mass is 465 g/mol. The van der Waals surface area contributed by atoms with E-state index in [1.54, 1.807) is 23.8 Å². The van der Waals surface area contributed by atoms with Gasteiger partial charge in [-0.15, -0.1) is 0 Å². The molecule has 1 atom stereocenters. The minimum absolute atomic E-state index is 0.0157. The maximum Gasteiger partial charge on any atom is 0.333 e. The average molecular weight is 466 g/mol. The van der Waals surface area contributed by atoms with Gasteiger partial charge < -0.3 is 10.1 Å². The molecule has 3 fully saturated rings. The third kappa shape index (κ3) is 3.22. The van der Waals surface area contributed by atoms with Gasteiger partial charge in [-0.25, -0.2) is 9.18 Å². The predicted octanol–water partition coefficient (Wildman–Crippen LogP) is 4.00. The van der Waals surface area contributed by atoms with Crippen LogP contribution in [0.1, 0.15) is 57.2 Å². The fourth-order valence-electron chi connectivity index (χ4n) is 6.62. The van der Waals surface area contributed by atoms with E-state index in [-0.39, 0.29) is 28.5 Å². The number of hydrogen-bond donors (Lipinski definition) is 1. The molecule has 1 N–H and O–H groups in total. The molecule has 0 unspecified atom stereocenters. The van der Waals surface area contributed by atoms with Crippen LogP contribution in [0.2, 0.25) is 0 Å². The van der Waals surface area contributed by atoms with Gasteiger partial charge in [0.15, 0.2) is 0 Å². The third-order valence-electron chi connectivity index (χ3n) is 8.61. The molecule has 2 bridgehead atoms. The van der Waals surface area contributed by atoms with Gasteiger partial charge in [-0.2, -0.15) is 5.10 Å². The predicted molar refractivity (Wildman–Crippen MR) is 128 cm³/mol. The zero-order valence-corrected chi connectivity index (χ0v) is 19.9. The first-order valence-corrected chi connectivity index (χ1v) is 12.4. The van der Waals surface area contributed by atoms with E-state index in [9.17, 15) is 9.18 Å². The van der Waals surface area contributed by atoms with Gasteiger partial charge in [0.1, 0.15) is 17.2 Å². The summed E-state index contributed by atoms with van der Waals surface area (Å²) in [6.45, 7) is 4.46. The van der Waals surface area contributed by atoms with Gasteiger partial charge in [-0.3, -0.25) is 13.8 Å². The van der Waals surface area contributed by atoms with Crippen LogP contribution in [0.15, 0.2) is 41.5 Å². The number of nitrogens with zero attached hydrogens (tertiary/aromatic N) is 4. The summed E-state index contributed by atoms with van der Waals surface area (Å²) in [4.78, 5) is 14.0. The molecular formula is C26H32FN5O2. The van der Waals surface area contributed by atoms with Gasteiger partial charge in [-0.1, -0.05) is 0 Å². The first-order chi connectivity index (χ1) is 16.5. The van der Waals surface area contributed by atoms with Crippen LogP contribution in [0.5, 0.6) is 0 Å². The minimum Gasteiger partial charge on any atom is -0.384 e. The lowest BCUT2D eigenvalue weighted by molar-refractivity contribution is -0.0478. The Morgan fingerprint density at radius 2 is 1.82 bits per heavy atom. The fourth-order valence-corrected chi connectivity index (χ4v) is 6.62. The number of aromatic nitrogens is 4. The van der Waals surface area contributed by atoms with Crippen molar-refractivity contribution in [2.24, 2.45) is 5.41 Å². The van der Waals surface area contributed by atoms with E-state index in [0.717, 1.165) is 75.2 Å². The molecule has 3 aromatic rings. The Morgan fingerprint density at radius 1 is 1.12 bits per heavy atom. The lowest BCUT2D eigenvalue weighted by Gasteiger charge is -2.53. The number of imidazole rings is 1. The summed E-state index contributed by atoms with van der Waals surface area (Å²) in [6, 6.07) is 6.43. The Labute approximate surface area is 198 Å². The van der Waals surface area contributed by atoms with E-state index in [0.29, 0.717) is 5.69 Å². The third-order valence-corrected chi connectivity index (χ3v) is 8.61. The van der Waals surface area contributed by atoms with Crippen LogP contribution >= 0.6 is 0 Å². The standard InChI is InChI=1S/C26H32FN5O2/c1-18-22-23(21(29-32(22)14-13-28-18)19-3-5-20(27)6-4-19)30-15-16-31(24(30)33)26-10-7-25(8-11-26,9-12-26)17-34-2/h3-6,15-16,18,28H,7-14,17H2,1-2H3/t18-,25?,26?/m1/s1. The van der Waals surface area contributed by atoms with Crippen molar-refractivity contribution >= 4 is 0 Å². The topological polar surface area (TPSA) is 66.0 Å². The van der Waals surface area contributed by atoms with Gasteiger partial charge in [0, 0.05) is 43.2 Å². The molecule has 180 valence electrons. The molecule has 0 amide bonds. The van der Waals surface area contributed by atoms with Crippen molar-refractivity contribution in [2.75, 3.05) is 20.3 Å². The highest BCUT2D eigenvalue weighted by Gasteiger charge is 2.50. The second-order valence-electron chi connectivity index (χ2n) is 10.5. The number of fused-ring (bicyclic) bond motifs is 4. The summed E-state index contributed by atoms with van der Waals surface area (Å²) in [5.74, 6) is -0.286. The van der Waals surface area contributed by atoms with Crippen LogP contribution in [0.3, 0.4) is 0 Å². The fraction of sp³-hybridized carbons (Fsp3) is 0.538. The second kappa shape index (κ2) is 7.92. The zero-order chi connectivity index (χ0) is 23.5. The van der Waals surface area contributed by atoms with Crippen LogP contribution in [-0.2, 0) is 16.8 Å². The second-order valence-corrected chi connectivity index (χ2v) is 10.5. The molecule has 7 rings (SSSR count). The number of methoxy groups -OCH3 is 1. The van der Waals surface area contributed by atoms with E-state index < -0.39 is 0 Å². The summed E-state index contributed by atoms with van der Waals surface area (Å²) in [7, 11) is 1.79. The molecule has 1 aliphatic heterocycles. The molecule has 8 heteroatoms. The lowest BCUT2D eigenvalue weighted by atomic mass is 9.57. The van der Waals surface area contributed by atoms with E-state index in [1.807, 2.05) is 21.6 Å². The van der Waals surface area contributed by atoms with Gasteiger partial charge in [0.2, 0.25) is 0 Å². The molecule has 3 heterocycles. The molecule has 4 aliphatic rings. The van der Waals surface area contributed by atoms with Crippen LogP contribution in [-0.4, -0.2) is 39.2 Å². The summed E-state index contributed by atoms with van der Waals surface area (Å²) >= 11 is 0. The molecule has 3 saturated carbocycles. The SMILES string of the molecule is COCC12CCC(n3ccn(-c4c(-c5ccc(F)cc5)nn5c4[C@@H](C)NCC5)c3=O)(CC1)CC2. The number of rotatable bonds is 5. The Kier molecular flexibility index (Phi) is 5.08. The van der Waals surface area contributed by atoms with Crippen LogP contribution < -0.4 is 11.0 Å². The highest BCUT2D eigenvalue weighted by atomic mass is 19.1. The van der Waals surface area contributed by atoms with E-state index in [2.05, 4.69) is 12.2 Å². The Hall–Kier alpha value is -2.71. The zero-order valence-electron chi connectivity index (χ0n) is 19.9. The van der Waals surface area contributed by atoms with Crippen LogP contribution in [0, 0.1) is 11.2 Å². The molecule has 1 aromatic carbocycles. The van der Waals surface area contributed by atoms with Crippen molar-refractivity contribution in [1.29, 1.82) is 0 Å². The van der Waals surface area contributed by atoms with E-state index >= 15 is 0 Å². The van der Waals surface area contributed by atoms with E-state index in [1.165, 1.54) is 12.1 Å². The smallest absolute Gasteiger partial charge is 0.333 e. The van der Waals surface area contributed by atoms with Gasteiger partial charge >= 0.3 is 5.69 Å². The number of halogens is 1. The maximum atomic E-state index is 14.0. The number of hydrogen-bond acceptors (Lipinski definition) is 4. The molecule has 0 spiro atoms. The molecule has 7 nitrogen and oxygen atoms in total. The van der Waals surface area contributed by atoms with Crippen molar-refractivity contribution in [3.63, 3.8) is 0 Å². The number of ether oxygens (including phenoxy) is 1. The van der Waals surface area contributed by atoms with Crippen molar-refractivity contribution < 1.29 is 9.13 Å². The van der Waals surface area contributed by atoms with Gasteiger partial charge in [-0.05, 0) is 75.1 Å². The Bertz CT molecular complexity index is 1250. The maximum absolute atomic E-state index is 14.0. The lowest BCUT2D eigenvalue weighted by Crippen LogP contribution is -2.52. The largest absolute Gasteiger partial charge is 0.384 e. The number of nitrogens with one attached hydrogen (secondary N) is 1. The summed E-state index contributed by atoms with van der Waals surface area (Å²) < 4.78 is 24.9. The highest BCUT2D eigenvalue weighted by molar-refractivity contribution is 5.71. The summed E-state index contributed by atoms with van der Waals surface area (Å²) in [6.07, 6.45) is 10.2. The molecule has 3 aliphatic carbocycles. The average Bonchev–Trinajstić information content (AvgIpc) is 3.42. The minimum atomic E-state index is -0.286. The molecule has 0 saturated heterocycles. The van der Waals surface area contributed by atoms with E-state index in [4.69, 9.17) is 9.84 Å². The first-order valence-electron chi connectivity index (χ1n) is 12.4. The number of benzene rings is 1. The Balaban J connectivity index is 1.45.